The van der Waals surface area contributed by atoms with Crippen molar-refractivity contribution in [3.8, 4) is 56.4 Å². The van der Waals surface area contributed by atoms with E-state index in [9.17, 15) is 0 Å². The van der Waals surface area contributed by atoms with Gasteiger partial charge in [0.25, 0.3) is 0 Å². The Morgan fingerprint density at radius 1 is 0.333 bits per heavy atom. The number of rotatable bonds is 3. The van der Waals surface area contributed by atoms with Crippen LogP contribution < -0.4 is 0 Å². The molecule has 0 saturated carbocycles. The molecule has 1 aromatic heterocycles. The molecule has 1 heterocycles. The summed E-state index contributed by atoms with van der Waals surface area (Å²) in [5, 5.41) is 6.99. The Morgan fingerprint density at radius 3 is 1.30 bits per heavy atom. The molecule has 54 heavy (non-hydrogen) atoms. The fourth-order valence-corrected chi connectivity index (χ4v) is 9.54. The number of benzene rings is 8. The predicted octanol–water partition coefficient (Wildman–Crippen LogP) is 12.9. The second-order valence-electron chi connectivity index (χ2n) is 16.0. The van der Waals surface area contributed by atoms with Gasteiger partial charge in [0.15, 0.2) is 17.5 Å². The Balaban J connectivity index is 1.30. The third kappa shape index (κ3) is 4.27. The molecule has 0 amide bonds. The predicted molar refractivity (Wildman–Crippen MR) is 224 cm³/mol. The van der Waals surface area contributed by atoms with Crippen LogP contribution in [-0.2, 0) is 10.8 Å². The van der Waals surface area contributed by atoms with Gasteiger partial charge in [0.1, 0.15) is 0 Å². The topological polar surface area (TPSA) is 38.7 Å². The van der Waals surface area contributed by atoms with Crippen LogP contribution in [0.2, 0.25) is 0 Å². The SMILES string of the molecule is CC1(C)c2ccccc2-c2c1cc1ccccc1c2-c1nc(-c2ccc3ccccc3c2)nc(-c2c3c(cc4ccccc24)C(C)(C)c2ccccc2-3)n1. The molecule has 8 aromatic carbocycles. The van der Waals surface area contributed by atoms with Gasteiger partial charge in [-0.1, -0.05) is 161 Å². The quantitative estimate of drug-likeness (QED) is 0.185. The van der Waals surface area contributed by atoms with Crippen LogP contribution in [0.1, 0.15) is 49.9 Å². The zero-order valence-corrected chi connectivity index (χ0v) is 30.8. The van der Waals surface area contributed by atoms with E-state index in [4.69, 9.17) is 15.0 Å². The Kier molecular flexibility index (Phi) is 6.36. The molecule has 0 saturated heterocycles. The van der Waals surface area contributed by atoms with E-state index in [0.29, 0.717) is 17.5 Å². The molecule has 11 rings (SSSR count). The zero-order chi connectivity index (χ0) is 36.3. The number of aromatic nitrogens is 3. The van der Waals surface area contributed by atoms with Gasteiger partial charge in [-0.15, -0.1) is 0 Å². The standard InChI is InChI=1S/C51H37N3/c1-50(2)39-23-13-11-21-37(39)43-41(50)28-32-17-7-9-19-35(32)45(43)48-52-47(34-26-25-30-15-5-6-16-31(30)27-34)53-49(54-48)46-36-20-10-8-18-33(36)29-42-44(46)38-22-12-14-24-40(38)51(42,3)4/h5-29H,1-4H3. The maximum absolute atomic E-state index is 5.64. The summed E-state index contributed by atoms with van der Waals surface area (Å²) in [6.45, 7) is 9.37. The van der Waals surface area contributed by atoms with Gasteiger partial charge >= 0.3 is 0 Å². The van der Waals surface area contributed by atoms with Crippen LogP contribution >= 0.6 is 0 Å². The lowest BCUT2D eigenvalue weighted by molar-refractivity contribution is 0.661. The lowest BCUT2D eigenvalue weighted by atomic mass is 9.81. The minimum Gasteiger partial charge on any atom is -0.208 e. The van der Waals surface area contributed by atoms with Crippen LogP contribution in [0.4, 0.5) is 0 Å². The molecule has 2 aliphatic carbocycles. The third-order valence-electron chi connectivity index (χ3n) is 12.3. The van der Waals surface area contributed by atoms with E-state index in [1.165, 1.54) is 60.7 Å². The molecule has 3 heteroatoms. The summed E-state index contributed by atoms with van der Waals surface area (Å²) in [6.07, 6.45) is 0. The summed E-state index contributed by atoms with van der Waals surface area (Å²) >= 11 is 0. The zero-order valence-electron chi connectivity index (χ0n) is 30.8. The average molecular weight is 692 g/mol. The summed E-state index contributed by atoms with van der Waals surface area (Å²) < 4.78 is 0. The summed E-state index contributed by atoms with van der Waals surface area (Å²) in [5.41, 5.74) is 12.9. The highest BCUT2D eigenvalue weighted by Gasteiger charge is 2.40. The van der Waals surface area contributed by atoms with E-state index in [1.54, 1.807) is 0 Å². The van der Waals surface area contributed by atoms with Crippen LogP contribution in [0.15, 0.2) is 152 Å². The first kappa shape index (κ1) is 31.1. The maximum Gasteiger partial charge on any atom is 0.165 e. The molecule has 0 N–H and O–H groups in total. The summed E-state index contributed by atoms with van der Waals surface area (Å²) in [4.78, 5) is 16.6. The molecule has 0 atom stereocenters. The molecule has 256 valence electrons. The van der Waals surface area contributed by atoms with Crippen LogP contribution in [0.5, 0.6) is 0 Å². The van der Waals surface area contributed by atoms with E-state index < -0.39 is 0 Å². The second-order valence-corrected chi connectivity index (χ2v) is 16.0. The molecule has 0 fully saturated rings. The minimum atomic E-state index is -0.187. The Labute approximate surface area is 315 Å². The Bertz CT molecular complexity index is 2890. The smallest absolute Gasteiger partial charge is 0.165 e. The molecule has 0 aliphatic heterocycles. The highest BCUT2D eigenvalue weighted by atomic mass is 15.0. The number of hydrogen-bond acceptors (Lipinski definition) is 3. The third-order valence-corrected chi connectivity index (χ3v) is 12.3. The first-order valence-electron chi connectivity index (χ1n) is 18.9. The van der Waals surface area contributed by atoms with Crippen LogP contribution in [-0.4, -0.2) is 15.0 Å². The maximum atomic E-state index is 5.64. The number of hydrogen-bond donors (Lipinski definition) is 0. The fourth-order valence-electron chi connectivity index (χ4n) is 9.54. The second kappa shape index (κ2) is 11.0. The van der Waals surface area contributed by atoms with Crippen molar-refractivity contribution in [2.45, 2.75) is 38.5 Å². The van der Waals surface area contributed by atoms with Gasteiger partial charge in [-0.2, -0.15) is 0 Å². The van der Waals surface area contributed by atoms with E-state index in [1.807, 2.05) is 0 Å². The van der Waals surface area contributed by atoms with Gasteiger partial charge in [0.05, 0.1) is 0 Å². The Hall–Kier alpha value is -6.45. The van der Waals surface area contributed by atoms with Crippen molar-refractivity contribution in [2.24, 2.45) is 0 Å². The van der Waals surface area contributed by atoms with Gasteiger partial charge in [-0.25, -0.2) is 15.0 Å². The van der Waals surface area contributed by atoms with Gasteiger partial charge in [-0.3, -0.25) is 0 Å². The van der Waals surface area contributed by atoms with Crippen molar-refractivity contribution in [1.82, 2.24) is 15.0 Å². The van der Waals surface area contributed by atoms with Crippen LogP contribution in [0.3, 0.4) is 0 Å². The fraction of sp³-hybridized carbons (Fsp3) is 0.118. The van der Waals surface area contributed by atoms with Crippen molar-refractivity contribution in [1.29, 1.82) is 0 Å². The molecular formula is C51H37N3. The Morgan fingerprint density at radius 2 is 0.759 bits per heavy atom. The largest absolute Gasteiger partial charge is 0.208 e. The van der Waals surface area contributed by atoms with E-state index in [2.05, 4.69) is 179 Å². The van der Waals surface area contributed by atoms with Gasteiger partial charge in [0, 0.05) is 27.5 Å². The lowest BCUT2D eigenvalue weighted by Crippen LogP contribution is -2.15. The van der Waals surface area contributed by atoms with Gasteiger partial charge in [-0.05, 0) is 95.0 Å². The number of nitrogens with zero attached hydrogens (tertiary/aromatic N) is 3. The summed E-state index contributed by atoms with van der Waals surface area (Å²) in [6, 6.07) is 55.0. The van der Waals surface area contributed by atoms with Crippen molar-refractivity contribution < 1.29 is 0 Å². The van der Waals surface area contributed by atoms with Crippen molar-refractivity contribution in [3.63, 3.8) is 0 Å². The van der Waals surface area contributed by atoms with Crippen molar-refractivity contribution in [2.75, 3.05) is 0 Å². The van der Waals surface area contributed by atoms with Crippen molar-refractivity contribution >= 4 is 32.3 Å². The molecular weight excluding hydrogens is 655 g/mol. The minimum absolute atomic E-state index is 0.187. The molecule has 0 spiro atoms. The summed E-state index contributed by atoms with van der Waals surface area (Å²) in [5.74, 6) is 2.05. The summed E-state index contributed by atoms with van der Waals surface area (Å²) in [7, 11) is 0. The molecule has 2 aliphatic rings. The first-order chi connectivity index (χ1) is 26.3. The normalized spacial score (nSPS) is 14.6. The lowest BCUT2D eigenvalue weighted by Gasteiger charge is -2.23. The van der Waals surface area contributed by atoms with Crippen molar-refractivity contribution in [3.05, 3.63) is 174 Å². The number of fused-ring (bicyclic) bond motifs is 9. The molecule has 0 unspecified atom stereocenters. The highest BCUT2D eigenvalue weighted by Crippen LogP contribution is 2.56. The average Bonchev–Trinajstić information content (AvgIpc) is 3.57. The van der Waals surface area contributed by atoms with Crippen LogP contribution in [0, 0.1) is 0 Å². The van der Waals surface area contributed by atoms with E-state index in [-0.39, 0.29) is 10.8 Å². The van der Waals surface area contributed by atoms with E-state index >= 15 is 0 Å². The highest BCUT2D eigenvalue weighted by molar-refractivity contribution is 6.09. The van der Waals surface area contributed by atoms with E-state index in [0.717, 1.165) is 32.8 Å². The molecule has 9 aromatic rings. The molecule has 0 radical (unpaired) electrons. The van der Waals surface area contributed by atoms with Gasteiger partial charge in [0.2, 0.25) is 0 Å². The molecule has 0 bridgehead atoms. The molecule has 3 nitrogen and oxygen atoms in total. The monoisotopic (exact) mass is 691 g/mol. The first-order valence-corrected chi connectivity index (χ1v) is 18.9. The van der Waals surface area contributed by atoms with Crippen LogP contribution in [0.25, 0.3) is 88.7 Å². The van der Waals surface area contributed by atoms with Gasteiger partial charge < -0.3 is 0 Å².